The Hall–Kier alpha value is -1.80. The van der Waals surface area contributed by atoms with Crippen molar-refractivity contribution < 1.29 is 0 Å². The quantitative estimate of drug-likeness (QED) is 0.858. The van der Waals surface area contributed by atoms with Crippen LogP contribution in [0, 0.1) is 0 Å². The second-order valence-electron chi connectivity index (χ2n) is 4.43. The highest BCUT2D eigenvalue weighted by molar-refractivity contribution is 5.59. The average Bonchev–Trinajstić information content (AvgIpc) is 2.30. The predicted molar refractivity (Wildman–Crippen MR) is 73.6 cm³/mol. The van der Waals surface area contributed by atoms with Gasteiger partial charge in [0.2, 0.25) is 0 Å². The number of para-hydroxylation sites is 1. The van der Waals surface area contributed by atoms with Gasteiger partial charge in [0.25, 0.3) is 0 Å². The van der Waals surface area contributed by atoms with Gasteiger partial charge in [-0.1, -0.05) is 30.3 Å². The molecule has 0 aliphatic rings. The van der Waals surface area contributed by atoms with Crippen LogP contribution in [0.4, 0.5) is 11.4 Å². The molecule has 0 saturated carbocycles. The van der Waals surface area contributed by atoms with E-state index in [4.69, 9.17) is 0 Å². The number of benzene rings is 2. The van der Waals surface area contributed by atoms with Crippen LogP contribution in [0.5, 0.6) is 0 Å². The molecule has 0 radical (unpaired) electrons. The standard InChI is InChI=1S/C15H18N2/c1-17(2)12-13-7-6-10-15(11-13)16-14-8-4-3-5-9-14/h3-11,16H,12H2,1-2H3. The Morgan fingerprint density at radius 1 is 0.882 bits per heavy atom. The number of nitrogens with zero attached hydrogens (tertiary/aromatic N) is 1. The minimum atomic E-state index is 0.963. The van der Waals surface area contributed by atoms with Crippen molar-refractivity contribution in [1.29, 1.82) is 0 Å². The van der Waals surface area contributed by atoms with E-state index in [1.165, 1.54) is 5.56 Å². The highest BCUT2D eigenvalue weighted by atomic mass is 15.0. The molecule has 0 atom stereocenters. The first-order valence-corrected chi connectivity index (χ1v) is 5.80. The van der Waals surface area contributed by atoms with Crippen LogP contribution in [0.25, 0.3) is 0 Å². The van der Waals surface area contributed by atoms with Crippen molar-refractivity contribution in [3.63, 3.8) is 0 Å². The van der Waals surface area contributed by atoms with Crippen molar-refractivity contribution >= 4 is 11.4 Å². The van der Waals surface area contributed by atoms with Crippen LogP contribution < -0.4 is 5.32 Å². The summed E-state index contributed by atoms with van der Waals surface area (Å²) in [4.78, 5) is 2.17. The summed E-state index contributed by atoms with van der Waals surface area (Å²) >= 11 is 0. The van der Waals surface area contributed by atoms with Crippen molar-refractivity contribution in [2.75, 3.05) is 19.4 Å². The Balaban J connectivity index is 2.11. The summed E-state index contributed by atoms with van der Waals surface area (Å²) in [6.45, 7) is 0.963. The third-order valence-electron chi connectivity index (χ3n) is 2.49. The van der Waals surface area contributed by atoms with E-state index in [0.29, 0.717) is 0 Å². The Morgan fingerprint density at radius 3 is 2.29 bits per heavy atom. The van der Waals surface area contributed by atoms with Gasteiger partial charge in [0.15, 0.2) is 0 Å². The first-order valence-electron chi connectivity index (χ1n) is 5.80. The molecule has 0 aromatic heterocycles. The fourth-order valence-electron chi connectivity index (χ4n) is 1.80. The maximum absolute atomic E-state index is 3.40. The minimum absolute atomic E-state index is 0.963. The minimum Gasteiger partial charge on any atom is -0.356 e. The lowest BCUT2D eigenvalue weighted by molar-refractivity contribution is 0.402. The lowest BCUT2D eigenvalue weighted by Gasteiger charge is -2.12. The van der Waals surface area contributed by atoms with E-state index >= 15 is 0 Å². The zero-order chi connectivity index (χ0) is 12.1. The summed E-state index contributed by atoms with van der Waals surface area (Å²) in [7, 11) is 4.16. The fourth-order valence-corrected chi connectivity index (χ4v) is 1.80. The van der Waals surface area contributed by atoms with Crippen molar-refractivity contribution in [2.24, 2.45) is 0 Å². The zero-order valence-electron chi connectivity index (χ0n) is 10.4. The number of anilines is 2. The Bertz CT molecular complexity index is 463. The van der Waals surface area contributed by atoms with Crippen LogP contribution in [0.2, 0.25) is 0 Å². The maximum Gasteiger partial charge on any atom is 0.0387 e. The molecule has 2 aromatic carbocycles. The molecule has 17 heavy (non-hydrogen) atoms. The van der Waals surface area contributed by atoms with Crippen LogP contribution in [0.1, 0.15) is 5.56 Å². The first-order chi connectivity index (χ1) is 8.24. The molecule has 0 saturated heterocycles. The lowest BCUT2D eigenvalue weighted by Crippen LogP contribution is -2.10. The largest absolute Gasteiger partial charge is 0.356 e. The number of hydrogen-bond acceptors (Lipinski definition) is 2. The van der Waals surface area contributed by atoms with E-state index in [0.717, 1.165) is 17.9 Å². The van der Waals surface area contributed by atoms with Crippen LogP contribution in [-0.4, -0.2) is 19.0 Å². The zero-order valence-corrected chi connectivity index (χ0v) is 10.4. The summed E-state index contributed by atoms with van der Waals surface area (Å²) in [5.74, 6) is 0. The smallest absolute Gasteiger partial charge is 0.0387 e. The van der Waals surface area contributed by atoms with Crippen LogP contribution >= 0.6 is 0 Å². The second-order valence-corrected chi connectivity index (χ2v) is 4.43. The normalized spacial score (nSPS) is 10.5. The molecule has 2 rings (SSSR count). The van der Waals surface area contributed by atoms with Crippen molar-refractivity contribution in [3.8, 4) is 0 Å². The lowest BCUT2D eigenvalue weighted by atomic mass is 10.2. The van der Waals surface area contributed by atoms with E-state index in [1.807, 2.05) is 18.2 Å². The molecule has 2 aromatic rings. The van der Waals surface area contributed by atoms with Gasteiger partial charge < -0.3 is 10.2 Å². The maximum atomic E-state index is 3.40. The van der Waals surface area contributed by atoms with E-state index < -0.39 is 0 Å². The van der Waals surface area contributed by atoms with E-state index in [9.17, 15) is 0 Å². The SMILES string of the molecule is CN(C)Cc1cccc(Nc2ccccc2)c1. The molecule has 0 heterocycles. The van der Waals surface area contributed by atoms with Gasteiger partial charge in [-0.15, -0.1) is 0 Å². The van der Waals surface area contributed by atoms with Gasteiger partial charge in [0, 0.05) is 17.9 Å². The molecule has 0 fully saturated rings. The summed E-state index contributed by atoms with van der Waals surface area (Å²) < 4.78 is 0. The summed E-state index contributed by atoms with van der Waals surface area (Å²) in [6.07, 6.45) is 0. The van der Waals surface area contributed by atoms with Gasteiger partial charge in [-0.25, -0.2) is 0 Å². The number of rotatable bonds is 4. The predicted octanol–water partition coefficient (Wildman–Crippen LogP) is 3.49. The molecule has 0 amide bonds. The Morgan fingerprint density at radius 2 is 1.59 bits per heavy atom. The number of nitrogens with one attached hydrogen (secondary N) is 1. The van der Waals surface area contributed by atoms with E-state index in [2.05, 4.69) is 60.7 Å². The molecular weight excluding hydrogens is 208 g/mol. The van der Waals surface area contributed by atoms with E-state index in [1.54, 1.807) is 0 Å². The highest BCUT2D eigenvalue weighted by Crippen LogP contribution is 2.17. The molecule has 1 N–H and O–H groups in total. The van der Waals surface area contributed by atoms with Gasteiger partial charge in [-0.3, -0.25) is 0 Å². The van der Waals surface area contributed by atoms with Crippen molar-refractivity contribution in [2.45, 2.75) is 6.54 Å². The van der Waals surface area contributed by atoms with E-state index in [-0.39, 0.29) is 0 Å². The topological polar surface area (TPSA) is 15.3 Å². The van der Waals surface area contributed by atoms with Crippen molar-refractivity contribution in [1.82, 2.24) is 4.90 Å². The first kappa shape index (κ1) is 11.7. The monoisotopic (exact) mass is 226 g/mol. The molecule has 2 nitrogen and oxygen atoms in total. The van der Waals surface area contributed by atoms with Crippen molar-refractivity contribution in [3.05, 3.63) is 60.2 Å². The summed E-state index contributed by atoms with van der Waals surface area (Å²) in [5, 5.41) is 3.40. The molecule has 0 bridgehead atoms. The average molecular weight is 226 g/mol. The van der Waals surface area contributed by atoms with Gasteiger partial charge in [-0.2, -0.15) is 0 Å². The molecule has 88 valence electrons. The highest BCUT2D eigenvalue weighted by Gasteiger charge is 1.98. The fraction of sp³-hybridized carbons (Fsp3) is 0.200. The second kappa shape index (κ2) is 5.51. The summed E-state index contributed by atoms with van der Waals surface area (Å²) in [6, 6.07) is 18.7. The van der Waals surface area contributed by atoms with Gasteiger partial charge in [-0.05, 0) is 43.9 Å². The molecule has 0 aliphatic carbocycles. The molecule has 0 spiro atoms. The molecule has 0 aliphatic heterocycles. The third kappa shape index (κ3) is 3.61. The molecule has 2 heteroatoms. The van der Waals surface area contributed by atoms with Crippen LogP contribution in [0.15, 0.2) is 54.6 Å². The number of hydrogen-bond donors (Lipinski definition) is 1. The molecular formula is C15H18N2. The summed E-state index contributed by atoms with van der Waals surface area (Å²) in [5.41, 5.74) is 3.57. The van der Waals surface area contributed by atoms with Gasteiger partial charge in [0.1, 0.15) is 0 Å². The Kier molecular flexibility index (Phi) is 3.78. The van der Waals surface area contributed by atoms with Gasteiger partial charge in [0.05, 0.1) is 0 Å². The van der Waals surface area contributed by atoms with Gasteiger partial charge >= 0.3 is 0 Å². The molecule has 0 unspecified atom stereocenters. The van der Waals surface area contributed by atoms with Crippen LogP contribution in [-0.2, 0) is 6.54 Å². The third-order valence-corrected chi connectivity index (χ3v) is 2.49. The Labute approximate surface area is 103 Å². The van der Waals surface area contributed by atoms with Crippen LogP contribution in [0.3, 0.4) is 0 Å².